The normalized spacial score (nSPS) is 16.5. The van der Waals surface area contributed by atoms with Crippen molar-refractivity contribution in [3.63, 3.8) is 0 Å². The van der Waals surface area contributed by atoms with E-state index in [4.69, 9.17) is 0 Å². The third-order valence-corrected chi connectivity index (χ3v) is 9.98. The van der Waals surface area contributed by atoms with Crippen LogP contribution in [0.2, 0.25) is 0 Å². The van der Waals surface area contributed by atoms with E-state index in [1.54, 1.807) is 35.4 Å². The molecule has 2 heterocycles. The molecule has 2 aromatic carbocycles. The van der Waals surface area contributed by atoms with Gasteiger partial charge < -0.3 is 19.3 Å². The summed E-state index contributed by atoms with van der Waals surface area (Å²) in [6.07, 6.45) is 9.20. The third-order valence-electron chi connectivity index (χ3n) is 6.45. The zero-order chi connectivity index (χ0) is 27.5. The summed E-state index contributed by atoms with van der Waals surface area (Å²) < 4.78 is 60.2. The topological polar surface area (TPSA) is 76.1 Å². The lowest BCUT2D eigenvalue weighted by Gasteiger charge is -2.38. The summed E-state index contributed by atoms with van der Waals surface area (Å²) in [7, 11) is 2.31. The van der Waals surface area contributed by atoms with Crippen LogP contribution in [-0.4, -0.2) is 39.8 Å². The molecule has 0 spiro atoms. The summed E-state index contributed by atoms with van der Waals surface area (Å²) in [5.41, 5.74) is -3.81. The van der Waals surface area contributed by atoms with Crippen molar-refractivity contribution in [2.45, 2.75) is 48.6 Å². The largest absolute Gasteiger partial charge is 0.382 e. The highest BCUT2D eigenvalue weighted by Crippen LogP contribution is 2.47. The van der Waals surface area contributed by atoms with Gasteiger partial charge in [-0.05, 0) is 26.0 Å². The predicted molar refractivity (Wildman–Crippen MR) is 139 cm³/mol. The number of rotatable bonds is 11. The van der Waals surface area contributed by atoms with Crippen LogP contribution in [-0.2, 0) is 24.3 Å². The number of benzene rings is 2. The van der Waals surface area contributed by atoms with Crippen LogP contribution < -0.4 is 0 Å². The van der Waals surface area contributed by atoms with Crippen LogP contribution in [0.4, 0.5) is 17.6 Å². The Labute approximate surface area is 225 Å². The van der Waals surface area contributed by atoms with Crippen LogP contribution in [0.3, 0.4) is 0 Å². The lowest BCUT2D eigenvalue weighted by atomic mass is 9.90. The molecule has 4 atom stereocenters. The Morgan fingerprint density at radius 3 is 1.45 bits per heavy atom. The summed E-state index contributed by atoms with van der Waals surface area (Å²) in [5.74, 6) is -3.35. The number of nitrogens with zero attached hydrogens (tertiary/aromatic N) is 4. The molecule has 4 aromatic rings. The van der Waals surface area contributed by atoms with E-state index in [0.717, 1.165) is 33.7 Å². The standard InChI is InChI=1S/C26H26F4N4O2S2/c1-17(25(35,13-33-9-7-31-15-33)21-5-3-19(27)11-23(21)29)37-38-18(2)26(36,14-34-10-8-32-16-34)22-6-4-20(28)12-24(22)30/h3-12,15-18,35-36H,13-14H2,1-2H3/t17-,18-,25-,26-/m1/s1. The van der Waals surface area contributed by atoms with E-state index in [1.165, 1.54) is 37.2 Å². The molecule has 2 aromatic heterocycles. The lowest BCUT2D eigenvalue weighted by Crippen LogP contribution is -2.42. The first-order valence-electron chi connectivity index (χ1n) is 11.6. The molecule has 0 radical (unpaired) electrons. The van der Waals surface area contributed by atoms with Gasteiger partial charge in [0, 0.05) is 58.5 Å². The molecule has 6 nitrogen and oxygen atoms in total. The number of aromatic nitrogens is 4. The van der Waals surface area contributed by atoms with Crippen molar-refractivity contribution in [3.8, 4) is 0 Å². The average Bonchev–Trinajstić information content (AvgIpc) is 3.56. The van der Waals surface area contributed by atoms with Gasteiger partial charge in [0.25, 0.3) is 0 Å². The zero-order valence-corrected chi connectivity index (χ0v) is 22.1. The Kier molecular flexibility index (Phi) is 8.55. The highest BCUT2D eigenvalue weighted by molar-refractivity contribution is 8.77. The van der Waals surface area contributed by atoms with Gasteiger partial charge in [-0.15, -0.1) is 0 Å². The Morgan fingerprint density at radius 2 is 1.13 bits per heavy atom. The lowest BCUT2D eigenvalue weighted by molar-refractivity contribution is 0.0156. The maximum Gasteiger partial charge on any atom is 0.132 e. The van der Waals surface area contributed by atoms with Gasteiger partial charge in [0.2, 0.25) is 0 Å². The van der Waals surface area contributed by atoms with Gasteiger partial charge in [-0.25, -0.2) is 27.5 Å². The van der Waals surface area contributed by atoms with Gasteiger partial charge in [0.15, 0.2) is 0 Å². The molecular formula is C26H26F4N4O2S2. The highest BCUT2D eigenvalue weighted by atomic mass is 33.1. The molecule has 12 heteroatoms. The summed E-state index contributed by atoms with van der Waals surface area (Å²) in [6, 6.07) is 5.98. The number of hydrogen-bond acceptors (Lipinski definition) is 6. The predicted octanol–water partition coefficient (Wildman–Crippen LogP) is 5.27. The fourth-order valence-electron chi connectivity index (χ4n) is 4.19. The van der Waals surface area contributed by atoms with Crippen molar-refractivity contribution < 1.29 is 27.8 Å². The third kappa shape index (κ3) is 5.93. The molecular weight excluding hydrogens is 540 g/mol. The molecule has 0 unspecified atom stereocenters. The number of hydrogen-bond donors (Lipinski definition) is 2. The van der Waals surface area contributed by atoms with Crippen molar-refractivity contribution in [3.05, 3.63) is 108 Å². The van der Waals surface area contributed by atoms with E-state index in [-0.39, 0.29) is 24.2 Å². The second-order valence-corrected chi connectivity index (χ2v) is 12.0. The molecule has 2 N–H and O–H groups in total. The second kappa shape index (κ2) is 11.5. The molecule has 0 saturated heterocycles. The molecule has 0 fully saturated rings. The van der Waals surface area contributed by atoms with Gasteiger partial charge in [0.1, 0.15) is 34.5 Å². The second-order valence-electron chi connectivity index (χ2n) is 9.04. The van der Waals surface area contributed by atoms with Gasteiger partial charge >= 0.3 is 0 Å². The first-order valence-corrected chi connectivity index (χ1v) is 13.9. The molecule has 4 rings (SSSR count). The van der Waals surface area contributed by atoms with Gasteiger partial charge in [-0.2, -0.15) is 0 Å². The highest BCUT2D eigenvalue weighted by Gasteiger charge is 2.43. The van der Waals surface area contributed by atoms with Crippen LogP contribution in [0, 0.1) is 23.3 Å². The Morgan fingerprint density at radius 1 is 0.737 bits per heavy atom. The Hall–Kier alpha value is -2.80. The molecule has 0 saturated carbocycles. The number of imidazole rings is 2. The fraction of sp³-hybridized carbons (Fsp3) is 0.308. The zero-order valence-electron chi connectivity index (χ0n) is 20.5. The quantitative estimate of drug-likeness (QED) is 0.190. The molecule has 0 aliphatic rings. The van der Waals surface area contributed by atoms with Gasteiger partial charge in [-0.3, -0.25) is 0 Å². The summed E-state index contributed by atoms with van der Waals surface area (Å²) in [6.45, 7) is 3.20. The summed E-state index contributed by atoms with van der Waals surface area (Å²) in [5, 5.41) is 22.2. The molecule has 0 aliphatic carbocycles. The first-order chi connectivity index (χ1) is 18.0. The minimum atomic E-state index is -1.81. The number of halogens is 4. The van der Waals surface area contributed by atoms with Crippen molar-refractivity contribution in [2.75, 3.05) is 0 Å². The minimum Gasteiger partial charge on any atom is -0.382 e. The van der Waals surface area contributed by atoms with Crippen LogP contribution in [0.1, 0.15) is 25.0 Å². The summed E-state index contributed by atoms with van der Waals surface area (Å²) >= 11 is 0. The smallest absolute Gasteiger partial charge is 0.132 e. The maximum atomic E-state index is 14.9. The van der Waals surface area contributed by atoms with E-state index < -0.39 is 45.0 Å². The van der Waals surface area contributed by atoms with E-state index in [1.807, 2.05) is 0 Å². The van der Waals surface area contributed by atoms with Crippen molar-refractivity contribution >= 4 is 21.6 Å². The Bertz CT molecular complexity index is 1260. The molecule has 0 bridgehead atoms. The van der Waals surface area contributed by atoms with Crippen LogP contribution >= 0.6 is 21.6 Å². The van der Waals surface area contributed by atoms with E-state index in [0.29, 0.717) is 12.1 Å². The Balaban J connectivity index is 1.62. The first kappa shape index (κ1) is 28.2. The van der Waals surface area contributed by atoms with Crippen molar-refractivity contribution in [1.29, 1.82) is 0 Å². The van der Waals surface area contributed by atoms with Crippen molar-refractivity contribution in [2.24, 2.45) is 0 Å². The molecule has 0 aliphatic heterocycles. The summed E-state index contributed by atoms with van der Waals surface area (Å²) in [4.78, 5) is 7.94. The minimum absolute atomic E-state index is 0.0788. The SMILES string of the molecule is C[C@@H](SS[C@H](C)[C@](O)(Cn1ccnc1)c1ccc(F)cc1F)[C@](O)(Cn1ccnc1)c1ccc(F)cc1F. The van der Waals surface area contributed by atoms with Gasteiger partial charge in [0.05, 0.1) is 25.7 Å². The van der Waals surface area contributed by atoms with Crippen LogP contribution in [0.25, 0.3) is 0 Å². The van der Waals surface area contributed by atoms with E-state index >= 15 is 0 Å². The monoisotopic (exact) mass is 566 g/mol. The average molecular weight is 567 g/mol. The van der Waals surface area contributed by atoms with E-state index in [2.05, 4.69) is 9.97 Å². The fourth-order valence-corrected chi connectivity index (χ4v) is 7.20. The van der Waals surface area contributed by atoms with Crippen LogP contribution in [0.5, 0.6) is 0 Å². The molecule has 202 valence electrons. The molecule has 38 heavy (non-hydrogen) atoms. The van der Waals surface area contributed by atoms with Crippen LogP contribution in [0.15, 0.2) is 73.8 Å². The maximum absolute atomic E-state index is 14.9. The van der Waals surface area contributed by atoms with Crippen molar-refractivity contribution in [1.82, 2.24) is 19.1 Å². The number of aliphatic hydroxyl groups is 2. The van der Waals surface area contributed by atoms with E-state index in [9.17, 15) is 27.8 Å². The van der Waals surface area contributed by atoms with Gasteiger partial charge in [-0.1, -0.05) is 33.7 Å². The molecule has 0 amide bonds.